The highest BCUT2D eigenvalue weighted by atomic mass is 32.2. The Morgan fingerprint density at radius 1 is 0.721 bits per heavy atom. The number of azo groups is 2. The maximum atomic E-state index is 11.3. The summed E-state index contributed by atoms with van der Waals surface area (Å²) in [5.74, 6) is -0.902. The molecule has 0 radical (unpaired) electrons. The molecule has 0 bridgehead atoms. The summed E-state index contributed by atoms with van der Waals surface area (Å²) in [4.78, 5) is 26.5. The van der Waals surface area contributed by atoms with Gasteiger partial charge in [0.25, 0.3) is 11.4 Å². The molecule has 2 heterocycles. The summed E-state index contributed by atoms with van der Waals surface area (Å²) in [5, 5.41) is 74.8. The van der Waals surface area contributed by atoms with Crippen LogP contribution in [0, 0.1) is 31.0 Å². The monoisotopic (exact) mass is 616 g/mol. The van der Waals surface area contributed by atoms with Crippen LogP contribution in [0.4, 0.5) is 22.7 Å². The van der Waals surface area contributed by atoms with Crippen molar-refractivity contribution in [3.05, 3.63) is 87.0 Å². The van der Waals surface area contributed by atoms with Crippen LogP contribution in [-0.2, 0) is 0 Å². The van der Waals surface area contributed by atoms with Crippen LogP contribution < -0.4 is 5.46 Å². The third kappa shape index (κ3) is 6.06. The lowest BCUT2D eigenvalue weighted by atomic mass is 9.93. The van der Waals surface area contributed by atoms with E-state index < -0.39 is 26.9 Å². The number of nitrogens with one attached hydrogen (secondary N) is 4. The summed E-state index contributed by atoms with van der Waals surface area (Å²) < 4.78 is 0. The fourth-order valence-electron chi connectivity index (χ4n) is 4.07. The van der Waals surface area contributed by atoms with Gasteiger partial charge in [-0.1, -0.05) is 47.9 Å². The summed E-state index contributed by atoms with van der Waals surface area (Å²) in [6.45, 7) is 0. The zero-order chi connectivity index (χ0) is 30.7. The molecule has 0 amide bonds. The predicted octanol–water partition coefficient (Wildman–Crippen LogP) is 6.48. The van der Waals surface area contributed by atoms with E-state index in [-0.39, 0.29) is 54.9 Å². The van der Waals surface area contributed by atoms with Crippen molar-refractivity contribution in [3.8, 4) is 11.8 Å². The number of hydrogen-bond donors (Lipinski definition) is 6. The Morgan fingerprint density at radius 2 is 1.16 bits per heavy atom. The number of nitro groups is 2. The number of hydrogen-bond acceptors (Lipinski definition) is 12. The maximum Gasteiger partial charge on any atom is 0.325 e. The minimum atomic E-state index is -0.630. The van der Waals surface area contributed by atoms with Crippen LogP contribution in [0.25, 0.3) is 21.8 Å². The Labute approximate surface area is 248 Å². The van der Waals surface area contributed by atoms with Crippen molar-refractivity contribution < 1.29 is 20.1 Å². The molecule has 5 rings (SSSR count). The Balaban J connectivity index is 1.36. The summed E-state index contributed by atoms with van der Waals surface area (Å²) >= 11 is 1.83. The largest absolute Gasteiger partial charge is 0.493 e. The molecule has 16 nitrogen and oxygen atoms in total. The van der Waals surface area contributed by atoms with Crippen molar-refractivity contribution in [2.45, 2.75) is 0 Å². The summed E-state index contributed by atoms with van der Waals surface area (Å²) in [5.41, 5.74) is 0.156. The molecule has 0 fully saturated rings. The van der Waals surface area contributed by atoms with Crippen LogP contribution in [0.3, 0.4) is 0 Å². The molecule has 19 heteroatoms. The minimum Gasteiger partial charge on any atom is -0.493 e. The van der Waals surface area contributed by atoms with Gasteiger partial charge < -0.3 is 20.2 Å². The third-order valence-electron chi connectivity index (χ3n) is 5.91. The van der Waals surface area contributed by atoms with E-state index in [2.05, 4.69) is 30.4 Å². The van der Waals surface area contributed by atoms with Gasteiger partial charge in [0.2, 0.25) is 11.8 Å². The van der Waals surface area contributed by atoms with E-state index >= 15 is 0 Å². The number of aromatic nitrogens is 2. The number of fused-ring (bicyclic) bond motifs is 2. The third-order valence-corrected chi connectivity index (χ3v) is 8.07. The van der Waals surface area contributed by atoms with Crippen molar-refractivity contribution >= 4 is 88.8 Å². The molecular weight excluding hydrogens is 599 g/mol. The number of benzene rings is 3. The zero-order valence-electron chi connectivity index (χ0n) is 21.5. The molecule has 2 aromatic heterocycles. The lowest BCUT2D eigenvalue weighted by Gasteiger charge is -2.10. The lowest BCUT2D eigenvalue weighted by molar-refractivity contribution is -0.383. The van der Waals surface area contributed by atoms with Crippen LogP contribution >= 0.6 is 23.2 Å². The van der Waals surface area contributed by atoms with Gasteiger partial charge in [-0.15, -0.1) is 43.7 Å². The number of H-pyrrole nitrogens is 2. The van der Waals surface area contributed by atoms with E-state index in [1.165, 1.54) is 36.4 Å². The smallest absolute Gasteiger partial charge is 0.325 e. The number of para-hydroxylation sites is 2. The van der Waals surface area contributed by atoms with Gasteiger partial charge in [-0.25, -0.2) is 0 Å². The fraction of sp³-hybridized carbons (Fsp3) is 0. The fourth-order valence-corrected chi connectivity index (χ4v) is 5.97. The van der Waals surface area contributed by atoms with E-state index in [0.29, 0.717) is 5.46 Å². The number of non-ortho nitro benzene ring substituents is 2. The Morgan fingerprint density at radius 3 is 1.58 bits per heavy atom. The van der Waals surface area contributed by atoms with Crippen molar-refractivity contribution in [2.75, 3.05) is 0 Å². The molecule has 43 heavy (non-hydrogen) atoms. The van der Waals surface area contributed by atoms with E-state index in [0.717, 1.165) is 23.2 Å². The van der Waals surface area contributed by atoms with Gasteiger partial charge in [0.05, 0.1) is 9.85 Å². The number of aromatic amines is 2. The van der Waals surface area contributed by atoms with E-state index in [4.69, 9.17) is 10.8 Å². The second-order valence-corrected chi connectivity index (χ2v) is 11.0. The molecule has 3 aromatic carbocycles. The average Bonchev–Trinajstić information content (AvgIpc) is 3.48. The molecule has 0 aliphatic rings. The second-order valence-electron chi connectivity index (χ2n) is 8.55. The highest BCUT2D eigenvalue weighted by molar-refractivity contribution is 8.64. The first-order valence-corrected chi connectivity index (χ1v) is 13.7. The highest BCUT2D eigenvalue weighted by Crippen LogP contribution is 2.40. The Kier molecular flexibility index (Phi) is 8.17. The molecular formula is C24H17BN10O6S2. The minimum absolute atomic E-state index is 0.0607. The number of rotatable bonds is 7. The van der Waals surface area contributed by atoms with Crippen molar-refractivity contribution in [1.82, 2.24) is 9.97 Å². The van der Waals surface area contributed by atoms with Crippen molar-refractivity contribution in [2.24, 2.45) is 20.5 Å². The zero-order valence-corrected chi connectivity index (χ0v) is 23.1. The van der Waals surface area contributed by atoms with Gasteiger partial charge in [0.15, 0.2) is 21.7 Å². The molecule has 6 N–H and O–H groups in total. The molecule has 5 aromatic rings. The topological polar surface area (TPSA) is 255 Å². The molecule has 0 unspecified atom stereocenters. The van der Waals surface area contributed by atoms with Crippen LogP contribution in [-0.4, -0.2) is 45.6 Å². The summed E-state index contributed by atoms with van der Waals surface area (Å²) in [6.07, 6.45) is 0. The van der Waals surface area contributed by atoms with Gasteiger partial charge in [0, 0.05) is 22.9 Å². The number of nitro benzene ring substituents is 2. The Bertz CT molecular complexity index is 1860. The first-order chi connectivity index (χ1) is 20.6. The quantitative estimate of drug-likeness (QED) is 0.0294. The standard InChI is InChI=1S/C24H17BN10O6S2/c26-23(32-30-19-13-8-4-10-15(34(38)39)17(13)28-21(19)36)42-25(12-6-2-1-3-7-12)43-24(27)33-31-20-14-9-5-11-16(35(40)41)18(14)29-22(20)37/h1-11,26-29,36-37H. The normalized spacial score (nSPS) is 11.5. The van der Waals surface area contributed by atoms with Gasteiger partial charge in [-0.05, 0) is 12.1 Å². The highest BCUT2D eigenvalue weighted by Gasteiger charge is 2.25. The van der Waals surface area contributed by atoms with Crippen LogP contribution in [0.1, 0.15) is 0 Å². The first kappa shape index (κ1) is 29.0. The lowest BCUT2D eigenvalue weighted by Crippen LogP contribution is -2.26. The number of aromatic hydroxyl groups is 2. The van der Waals surface area contributed by atoms with Gasteiger partial charge in [0.1, 0.15) is 11.0 Å². The first-order valence-electron chi connectivity index (χ1n) is 12.0. The predicted molar refractivity (Wildman–Crippen MR) is 165 cm³/mol. The Hall–Kier alpha value is -5.56. The van der Waals surface area contributed by atoms with E-state index in [1.54, 1.807) is 30.3 Å². The van der Waals surface area contributed by atoms with E-state index in [1.807, 2.05) is 0 Å². The van der Waals surface area contributed by atoms with Gasteiger partial charge in [-0.2, -0.15) is 0 Å². The van der Waals surface area contributed by atoms with Gasteiger partial charge in [-0.3, -0.25) is 31.0 Å². The number of nitrogens with zero attached hydrogens (tertiary/aromatic N) is 6. The maximum absolute atomic E-state index is 11.3. The second kappa shape index (κ2) is 12.1. The molecule has 0 spiro atoms. The summed E-state index contributed by atoms with van der Waals surface area (Å²) in [7, 11) is 0. The van der Waals surface area contributed by atoms with Crippen LogP contribution in [0.5, 0.6) is 11.8 Å². The van der Waals surface area contributed by atoms with Crippen molar-refractivity contribution in [3.63, 3.8) is 0 Å². The van der Waals surface area contributed by atoms with E-state index in [9.17, 15) is 30.4 Å². The number of amidine groups is 2. The molecule has 0 aliphatic heterocycles. The summed E-state index contributed by atoms with van der Waals surface area (Å²) in [6, 6.07) is 17.3. The van der Waals surface area contributed by atoms with Crippen molar-refractivity contribution in [1.29, 1.82) is 10.8 Å². The molecule has 0 saturated heterocycles. The molecule has 0 saturated carbocycles. The van der Waals surface area contributed by atoms with Crippen LogP contribution in [0.2, 0.25) is 0 Å². The van der Waals surface area contributed by atoms with Gasteiger partial charge >= 0.3 is 5.27 Å². The molecule has 214 valence electrons. The SMILES string of the molecule is N=C(N=Nc1c(O)[nH]c2c([N+](=O)[O-])cccc12)SB(SC(=N)N=Nc1c(O)[nH]c2c([N+](=O)[O-])cccc12)c1ccccc1. The van der Waals surface area contributed by atoms with Crippen LogP contribution in [0.15, 0.2) is 87.2 Å². The average molecular weight is 616 g/mol. The molecule has 0 atom stereocenters. The molecule has 0 aliphatic carbocycles.